The minimum atomic E-state index is -0.393. The number of thioether (sulfide) groups is 1. The van der Waals surface area contributed by atoms with Crippen LogP contribution >= 0.6 is 11.8 Å². The van der Waals surface area contributed by atoms with Gasteiger partial charge in [-0.15, -0.1) is 11.8 Å². The Hall–Kier alpha value is -3.05. The first-order valence-corrected chi connectivity index (χ1v) is 9.57. The van der Waals surface area contributed by atoms with Crippen LogP contribution in [0.3, 0.4) is 0 Å². The zero-order valence-electron chi connectivity index (χ0n) is 14.5. The van der Waals surface area contributed by atoms with Crippen LogP contribution in [0.1, 0.15) is 26.7 Å². The second-order valence-electron chi connectivity index (χ2n) is 6.27. The van der Waals surface area contributed by atoms with Gasteiger partial charge in [-0.3, -0.25) is 9.59 Å². The second kappa shape index (κ2) is 7.68. The van der Waals surface area contributed by atoms with Gasteiger partial charge in [-0.2, -0.15) is 0 Å². The SMILES string of the molecule is O=C1NCc2ccc(NC(=O)C(Sc3ccccc3)c3ccccc3)cc21. The number of rotatable bonds is 5. The van der Waals surface area contributed by atoms with E-state index in [1.54, 1.807) is 6.07 Å². The van der Waals surface area contributed by atoms with Crippen LogP contribution in [0.5, 0.6) is 0 Å². The molecule has 1 unspecified atom stereocenters. The molecule has 0 aliphatic carbocycles. The Kier molecular flexibility index (Phi) is 4.94. The maximum absolute atomic E-state index is 13.1. The molecule has 0 saturated carbocycles. The molecule has 0 spiro atoms. The van der Waals surface area contributed by atoms with Gasteiger partial charge < -0.3 is 10.6 Å². The lowest BCUT2D eigenvalue weighted by atomic mass is 10.1. The zero-order valence-corrected chi connectivity index (χ0v) is 15.3. The van der Waals surface area contributed by atoms with Crippen molar-refractivity contribution in [1.29, 1.82) is 0 Å². The fourth-order valence-corrected chi connectivity index (χ4v) is 4.08. The number of nitrogens with one attached hydrogen (secondary N) is 2. The van der Waals surface area contributed by atoms with E-state index in [9.17, 15) is 9.59 Å². The predicted molar refractivity (Wildman–Crippen MR) is 108 cm³/mol. The fraction of sp³-hybridized carbons (Fsp3) is 0.0909. The van der Waals surface area contributed by atoms with Crippen LogP contribution in [0.4, 0.5) is 5.69 Å². The monoisotopic (exact) mass is 374 g/mol. The molecule has 1 aliphatic heterocycles. The van der Waals surface area contributed by atoms with E-state index >= 15 is 0 Å². The van der Waals surface area contributed by atoms with Crippen LogP contribution in [0.25, 0.3) is 0 Å². The topological polar surface area (TPSA) is 58.2 Å². The summed E-state index contributed by atoms with van der Waals surface area (Å²) >= 11 is 1.50. The smallest absolute Gasteiger partial charge is 0.251 e. The van der Waals surface area contributed by atoms with Crippen LogP contribution in [0.2, 0.25) is 0 Å². The Balaban J connectivity index is 1.59. The molecule has 2 N–H and O–H groups in total. The lowest BCUT2D eigenvalue weighted by molar-refractivity contribution is -0.115. The van der Waals surface area contributed by atoms with Gasteiger partial charge in [-0.1, -0.05) is 54.6 Å². The van der Waals surface area contributed by atoms with Crippen molar-refractivity contribution in [2.75, 3.05) is 5.32 Å². The molecule has 0 aromatic heterocycles. The zero-order chi connectivity index (χ0) is 18.6. The number of anilines is 1. The molecule has 1 heterocycles. The Morgan fingerprint density at radius 2 is 1.67 bits per heavy atom. The van der Waals surface area contributed by atoms with Crippen LogP contribution in [0, 0.1) is 0 Å². The summed E-state index contributed by atoms with van der Waals surface area (Å²) in [6.45, 7) is 0.541. The van der Waals surface area contributed by atoms with Crippen LogP contribution < -0.4 is 10.6 Å². The molecular weight excluding hydrogens is 356 g/mol. The van der Waals surface area contributed by atoms with Gasteiger partial charge in [0.25, 0.3) is 5.91 Å². The first-order valence-electron chi connectivity index (χ1n) is 8.69. The van der Waals surface area contributed by atoms with Crippen molar-refractivity contribution >= 4 is 29.3 Å². The number of hydrogen-bond acceptors (Lipinski definition) is 3. The highest BCUT2D eigenvalue weighted by Crippen LogP contribution is 2.36. The second-order valence-corrected chi connectivity index (χ2v) is 7.44. The number of carbonyl (C=O) groups is 2. The normalized spacial score (nSPS) is 13.6. The third-order valence-electron chi connectivity index (χ3n) is 4.40. The van der Waals surface area contributed by atoms with E-state index in [1.807, 2.05) is 72.8 Å². The molecule has 4 nitrogen and oxygen atoms in total. The van der Waals surface area contributed by atoms with Crippen molar-refractivity contribution in [2.24, 2.45) is 0 Å². The minimum Gasteiger partial charge on any atom is -0.348 e. The summed E-state index contributed by atoms with van der Waals surface area (Å²) in [5, 5.41) is 5.37. The summed E-state index contributed by atoms with van der Waals surface area (Å²) in [6.07, 6.45) is 0. The average molecular weight is 374 g/mol. The van der Waals surface area contributed by atoms with E-state index in [0.29, 0.717) is 17.8 Å². The molecule has 3 aromatic rings. The molecule has 2 amide bonds. The van der Waals surface area contributed by atoms with Crippen molar-refractivity contribution in [3.05, 3.63) is 95.6 Å². The first kappa shape index (κ1) is 17.4. The van der Waals surface area contributed by atoms with E-state index in [0.717, 1.165) is 16.0 Å². The Morgan fingerprint density at radius 3 is 2.41 bits per heavy atom. The Morgan fingerprint density at radius 1 is 0.963 bits per heavy atom. The molecule has 134 valence electrons. The van der Waals surface area contributed by atoms with Crippen molar-refractivity contribution in [1.82, 2.24) is 5.32 Å². The van der Waals surface area contributed by atoms with E-state index < -0.39 is 5.25 Å². The fourth-order valence-electron chi connectivity index (χ4n) is 3.03. The van der Waals surface area contributed by atoms with Gasteiger partial charge in [-0.05, 0) is 35.4 Å². The molecule has 3 aromatic carbocycles. The maximum Gasteiger partial charge on any atom is 0.251 e. The summed E-state index contributed by atoms with van der Waals surface area (Å²) in [7, 11) is 0. The van der Waals surface area contributed by atoms with Crippen LogP contribution in [-0.4, -0.2) is 11.8 Å². The van der Waals surface area contributed by atoms with Crippen molar-refractivity contribution in [3.8, 4) is 0 Å². The van der Waals surface area contributed by atoms with Gasteiger partial charge >= 0.3 is 0 Å². The average Bonchev–Trinajstić information content (AvgIpc) is 3.08. The molecule has 27 heavy (non-hydrogen) atoms. The van der Waals surface area contributed by atoms with Gasteiger partial charge in [0, 0.05) is 22.7 Å². The first-order chi connectivity index (χ1) is 13.2. The number of hydrogen-bond donors (Lipinski definition) is 2. The Bertz CT molecular complexity index is 974. The third kappa shape index (κ3) is 3.88. The Labute approximate surface area is 162 Å². The van der Waals surface area contributed by atoms with Gasteiger partial charge in [-0.25, -0.2) is 0 Å². The van der Waals surface area contributed by atoms with Gasteiger partial charge in [0.2, 0.25) is 5.91 Å². The molecule has 0 fully saturated rings. The molecule has 0 bridgehead atoms. The van der Waals surface area contributed by atoms with E-state index in [1.165, 1.54) is 11.8 Å². The van der Waals surface area contributed by atoms with Crippen molar-refractivity contribution in [2.45, 2.75) is 16.7 Å². The highest BCUT2D eigenvalue weighted by atomic mass is 32.2. The molecule has 0 radical (unpaired) electrons. The minimum absolute atomic E-state index is 0.0978. The molecule has 4 rings (SSSR count). The van der Waals surface area contributed by atoms with E-state index in [4.69, 9.17) is 0 Å². The molecule has 5 heteroatoms. The molecule has 1 aliphatic rings. The summed E-state index contributed by atoms with van der Waals surface area (Å²) in [5.41, 5.74) is 3.14. The van der Waals surface area contributed by atoms with E-state index in [2.05, 4.69) is 10.6 Å². The highest BCUT2D eigenvalue weighted by molar-refractivity contribution is 8.00. The van der Waals surface area contributed by atoms with Crippen LogP contribution in [0.15, 0.2) is 83.8 Å². The van der Waals surface area contributed by atoms with Gasteiger partial charge in [0.15, 0.2) is 0 Å². The number of benzene rings is 3. The summed E-state index contributed by atoms with van der Waals surface area (Å²) in [5.74, 6) is -0.215. The number of carbonyl (C=O) groups excluding carboxylic acids is 2. The van der Waals surface area contributed by atoms with Crippen LogP contribution in [-0.2, 0) is 11.3 Å². The standard InChI is InChI=1S/C22H18N2O2S/c25-21-19-13-17(12-11-16(19)14-23-21)24-22(26)20(15-7-3-1-4-8-15)27-18-9-5-2-6-10-18/h1-13,20H,14H2,(H,23,25)(H,24,26). The van der Waals surface area contributed by atoms with Crippen molar-refractivity contribution in [3.63, 3.8) is 0 Å². The van der Waals surface area contributed by atoms with Gasteiger partial charge in [0.1, 0.15) is 5.25 Å². The molecule has 0 saturated heterocycles. The quantitative estimate of drug-likeness (QED) is 0.651. The highest BCUT2D eigenvalue weighted by Gasteiger charge is 2.24. The predicted octanol–water partition coefficient (Wildman–Crippen LogP) is 4.40. The largest absolute Gasteiger partial charge is 0.348 e. The number of fused-ring (bicyclic) bond motifs is 1. The van der Waals surface area contributed by atoms with Gasteiger partial charge in [0.05, 0.1) is 0 Å². The van der Waals surface area contributed by atoms with E-state index in [-0.39, 0.29) is 11.8 Å². The summed E-state index contributed by atoms with van der Waals surface area (Å²) in [4.78, 5) is 26.0. The lowest BCUT2D eigenvalue weighted by Crippen LogP contribution is -2.19. The molecular formula is C22H18N2O2S. The third-order valence-corrected chi connectivity index (χ3v) is 5.67. The molecule has 1 atom stereocenters. The summed E-state index contributed by atoms with van der Waals surface area (Å²) in [6, 6.07) is 25.0. The van der Waals surface area contributed by atoms with Crippen molar-refractivity contribution < 1.29 is 9.59 Å². The maximum atomic E-state index is 13.1. The lowest BCUT2D eigenvalue weighted by Gasteiger charge is -2.17. The number of amides is 2. The summed E-state index contributed by atoms with van der Waals surface area (Å²) < 4.78 is 0.